The van der Waals surface area contributed by atoms with Crippen LogP contribution in [0, 0.1) is 0 Å². The summed E-state index contributed by atoms with van der Waals surface area (Å²) in [5.41, 5.74) is 0.921. The molecule has 1 aromatic carbocycles. The Labute approximate surface area is 88.1 Å². The van der Waals surface area contributed by atoms with Crippen LogP contribution in [0.5, 0.6) is 0 Å². The van der Waals surface area contributed by atoms with E-state index in [9.17, 15) is 0 Å². The van der Waals surface area contributed by atoms with Crippen molar-refractivity contribution in [2.75, 3.05) is 0 Å². The van der Waals surface area contributed by atoms with Gasteiger partial charge in [-0.3, -0.25) is 4.09 Å². The topological polar surface area (TPSA) is 4.93 Å². The van der Waals surface area contributed by atoms with Gasteiger partial charge in [-0.25, -0.2) is 0 Å². The number of hydrogen-bond acceptors (Lipinski definition) is 0. The Balaban J connectivity index is 2.90. The molecule has 0 spiro atoms. The van der Waals surface area contributed by atoms with Crippen LogP contribution in [-0.2, 0) is 0 Å². The Morgan fingerprint density at radius 3 is 2.83 bits per heavy atom. The summed E-state index contributed by atoms with van der Waals surface area (Å²) in [6.07, 6.45) is 1.68. The summed E-state index contributed by atoms with van der Waals surface area (Å²) in [6, 6.07) is 5.78. The van der Waals surface area contributed by atoms with E-state index in [0.29, 0.717) is 5.02 Å². The van der Waals surface area contributed by atoms with E-state index in [0.717, 1.165) is 15.4 Å². The minimum absolute atomic E-state index is 0.668. The van der Waals surface area contributed by atoms with Crippen LogP contribution in [-0.4, -0.2) is 4.09 Å². The fourth-order valence-corrected chi connectivity index (χ4v) is 2.03. The van der Waals surface area contributed by atoms with Crippen molar-refractivity contribution in [3.05, 3.63) is 33.9 Å². The maximum absolute atomic E-state index is 5.92. The summed E-state index contributed by atoms with van der Waals surface area (Å²) in [4.78, 5) is 0. The maximum atomic E-state index is 5.92. The zero-order valence-electron chi connectivity index (χ0n) is 5.89. The van der Waals surface area contributed by atoms with Crippen LogP contribution in [0.4, 0.5) is 0 Å². The zero-order valence-corrected chi connectivity index (χ0v) is 8.99. The SMILES string of the molecule is Clc1cn(Cl)c2ccc(Br)cc12. The van der Waals surface area contributed by atoms with Crippen LogP contribution in [0.3, 0.4) is 0 Å². The summed E-state index contributed by atoms with van der Waals surface area (Å²) in [5.74, 6) is 0. The first-order chi connectivity index (χ1) is 5.68. The monoisotopic (exact) mass is 263 g/mol. The molecule has 0 N–H and O–H groups in total. The molecule has 0 atom stereocenters. The number of fused-ring (bicyclic) bond motifs is 1. The van der Waals surface area contributed by atoms with Gasteiger partial charge in [-0.2, -0.15) is 0 Å². The van der Waals surface area contributed by atoms with Gasteiger partial charge < -0.3 is 0 Å². The summed E-state index contributed by atoms with van der Waals surface area (Å²) in [6.45, 7) is 0. The third-order valence-corrected chi connectivity index (χ3v) is 2.75. The molecule has 0 saturated heterocycles. The minimum atomic E-state index is 0.668. The first-order valence-electron chi connectivity index (χ1n) is 3.31. The lowest BCUT2D eigenvalue weighted by atomic mass is 10.2. The quantitative estimate of drug-likeness (QED) is 0.676. The highest BCUT2D eigenvalue weighted by Gasteiger charge is 2.04. The van der Waals surface area contributed by atoms with Gasteiger partial charge >= 0.3 is 0 Å². The van der Waals surface area contributed by atoms with Crippen LogP contribution in [0.15, 0.2) is 28.9 Å². The molecule has 0 bridgehead atoms. The normalized spacial score (nSPS) is 10.9. The molecule has 0 aliphatic carbocycles. The standard InChI is InChI=1S/C8H4BrCl2N/c9-5-1-2-8-6(3-5)7(10)4-12(8)11/h1-4H. The van der Waals surface area contributed by atoms with Crippen molar-refractivity contribution < 1.29 is 0 Å². The van der Waals surface area contributed by atoms with Crippen molar-refractivity contribution in [3.8, 4) is 0 Å². The van der Waals surface area contributed by atoms with Crippen LogP contribution in [0.2, 0.25) is 5.02 Å². The van der Waals surface area contributed by atoms with E-state index in [1.807, 2.05) is 18.2 Å². The number of rotatable bonds is 0. The van der Waals surface area contributed by atoms with Gasteiger partial charge in [-0.15, -0.1) is 0 Å². The number of nitrogens with zero attached hydrogens (tertiary/aromatic N) is 1. The van der Waals surface area contributed by atoms with E-state index in [1.54, 1.807) is 6.20 Å². The van der Waals surface area contributed by atoms with Gasteiger partial charge in [0.15, 0.2) is 0 Å². The molecule has 62 valence electrons. The summed E-state index contributed by atoms with van der Waals surface area (Å²) in [7, 11) is 0. The van der Waals surface area contributed by atoms with Crippen molar-refractivity contribution in [1.29, 1.82) is 0 Å². The Bertz CT molecular complexity index is 436. The van der Waals surface area contributed by atoms with E-state index in [1.165, 1.54) is 4.09 Å². The van der Waals surface area contributed by atoms with E-state index in [-0.39, 0.29) is 0 Å². The first kappa shape index (κ1) is 8.42. The summed E-state index contributed by atoms with van der Waals surface area (Å²) < 4.78 is 2.49. The Morgan fingerprint density at radius 1 is 1.33 bits per heavy atom. The molecule has 0 aliphatic rings. The third-order valence-electron chi connectivity index (χ3n) is 1.67. The molecule has 0 amide bonds. The highest BCUT2D eigenvalue weighted by Crippen LogP contribution is 2.28. The highest BCUT2D eigenvalue weighted by atomic mass is 79.9. The number of aromatic nitrogens is 1. The summed E-state index contributed by atoms with van der Waals surface area (Å²) in [5, 5.41) is 1.63. The van der Waals surface area contributed by atoms with Gasteiger partial charge in [0.2, 0.25) is 0 Å². The van der Waals surface area contributed by atoms with Crippen molar-refractivity contribution in [3.63, 3.8) is 0 Å². The van der Waals surface area contributed by atoms with Gasteiger partial charge in [0.1, 0.15) is 0 Å². The molecular weight excluding hydrogens is 261 g/mol. The first-order valence-corrected chi connectivity index (χ1v) is 4.81. The van der Waals surface area contributed by atoms with Gasteiger partial charge in [-0.05, 0) is 18.2 Å². The third kappa shape index (κ3) is 1.24. The van der Waals surface area contributed by atoms with Crippen LogP contribution in [0.1, 0.15) is 0 Å². The predicted octanol–water partition coefficient (Wildman–Crippen LogP) is 4.06. The number of benzene rings is 1. The van der Waals surface area contributed by atoms with E-state index >= 15 is 0 Å². The van der Waals surface area contributed by atoms with Gasteiger partial charge in [0, 0.05) is 27.8 Å². The lowest BCUT2D eigenvalue weighted by molar-refractivity contribution is 1.33. The molecule has 0 unspecified atom stereocenters. The molecule has 1 heterocycles. The van der Waals surface area contributed by atoms with Crippen LogP contribution >= 0.6 is 39.3 Å². The summed E-state index contributed by atoms with van der Waals surface area (Å²) >= 11 is 15.1. The van der Waals surface area contributed by atoms with Crippen LogP contribution in [0.25, 0.3) is 10.9 Å². The van der Waals surface area contributed by atoms with Crippen molar-refractivity contribution in [1.82, 2.24) is 4.09 Å². The molecule has 12 heavy (non-hydrogen) atoms. The van der Waals surface area contributed by atoms with E-state index in [4.69, 9.17) is 23.4 Å². The Morgan fingerprint density at radius 2 is 2.08 bits per heavy atom. The molecule has 4 heteroatoms. The number of hydrogen-bond donors (Lipinski definition) is 0. The highest BCUT2D eigenvalue weighted by molar-refractivity contribution is 9.10. The Kier molecular flexibility index (Phi) is 2.07. The predicted molar refractivity (Wildman–Crippen MR) is 55.9 cm³/mol. The second-order valence-electron chi connectivity index (χ2n) is 2.45. The largest absolute Gasteiger partial charge is 0.259 e. The van der Waals surface area contributed by atoms with Gasteiger partial charge in [0.05, 0.1) is 10.5 Å². The molecule has 0 saturated carbocycles. The smallest absolute Gasteiger partial charge is 0.0676 e. The molecule has 0 radical (unpaired) electrons. The Hall–Kier alpha value is -0.180. The molecule has 2 aromatic rings. The van der Waals surface area contributed by atoms with Gasteiger partial charge in [-0.1, -0.05) is 27.5 Å². The van der Waals surface area contributed by atoms with Gasteiger partial charge in [0.25, 0.3) is 0 Å². The van der Waals surface area contributed by atoms with E-state index in [2.05, 4.69) is 15.9 Å². The molecule has 1 aromatic heterocycles. The maximum Gasteiger partial charge on any atom is 0.0676 e. The molecule has 0 fully saturated rings. The fraction of sp³-hybridized carbons (Fsp3) is 0. The molecule has 2 rings (SSSR count). The molecular formula is C8H4BrCl2N. The number of halogens is 3. The van der Waals surface area contributed by atoms with Crippen molar-refractivity contribution in [2.45, 2.75) is 0 Å². The zero-order chi connectivity index (χ0) is 8.72. The minimum Gasteiger partial charge on any atom is -0.259 e. The average Bonchev–Trinajstić information content (AvgIpc) is 2.28. The second kappa shape index (κ2) is 2.95. The fourth-order valence-electron chi connectivity index (χ4n) is 1.12. The second-order valence-corrected chi connectivity index (χ2v) is 4.14. The molecule has 1 nitrogen and oxygen atoms in total. The van der Waals surface area contributed by atoms with Crippen molar-refractivity contribution >= 4 is 50.2 Å². The van der Waals surface area contributed by atoms with E-state index < -0.39 is 0 Å². The average molecular weight is 265 g/mol. The lowest BCUT2D eigenvalue weighted by Crippen LogP contribution is -1.74. The lowest BCUT2D eigenvalue weighted by Gasteiger charge is -1.93. The molecule has 0 aliphatic heterocycles. The van der Waals surface area contributed by atoms with Crippen molar-refractivity contribution in [2.24, 2.45) is 0 Å². The van der Waals surface area contributed by atoms with Crippen LogP contribution < -0.4 is 0 Å².